The van der Waals surface area contributed by atoms with Crippen molar-refractivity contribution in [2.45, 2.75) is 38.6 Å². The Labute approximate surface area is 173 Å². The maximum absolute atomic E-state index is 13.0. The number of sulfonamides is 1. The Kier molecular flexibility index (Phi) is 5.38. The number of halogens is 3. The summed E-state index contributed by atoms with van der Waals surface area (Å²) in [7, 11) is -4.00. The van der Waals surface area contributed by atoms with Crippen molar-refractivity contribution in [2.75, 3.05) is 4.72 Å². The van der Waals surface area contributed by atoms with E-state index in [-0.39, 0.29) is 26.0 Å². The van der Waals surface area contributed by atoms with E-state index in [0.29, 0.717) is 11.2 Å². The van der Waals surface area contributed by atoms with Crippen LogP contribution in [-0.2, 0) is 10.0 Å². The lowest BCUT2D eigenvalue weighted by molar-refractivity contribution is 0.601. The van der Waals surface area contributed by atoms with E-state index in [4.69, 9.17) is 34.8 Å². The molecule has 0 amide bonds. The molecule has 5 nitrogen and oxygen atoms in total. The summed E-state index contributed by atoms with van der Waals surface area (Å²) in [5.74, 6) is 0. The van der Waals surface area contributed by atoms with Gasteiger partial charge in [-0.05, 0) is 57.0 Å². The highest BCUT2D eigenvalue weighted by Gasteiger charge is 2.23. The smallest absolute Gasteiger partial charge is 0.263 e. The fourth-order valence-electron chi connectivity index (χ4n) is 2.83. The number of rotatable bonds is 4. The number of nitrogens with one attached hydrogen (secondary N) is 1. The Morgan fingerprint density at radius 3 is 2.30 bits per heavy atom. The lowest BCUT2D eigenvalue weighted by Crippen LogP contribution is -2.15. The van der Waals surface area contributed by atoms with Gasteiger partial charge >= 0.3 is 0 Å². The molecule has 0 aliphatic heterocycles. The largest absolute Gasteiger partial charge is 0.328 e. The van der Waals surface area contributed by atoms with Crippen molar-refractivity contribution >= 4 is 61.5 Å². The quantitative estimate of drug-likeness (QED) is 0.500. The highest BCUT2D eigenvalue weighted by molar-refractivity contribution is 7.92. The van der Waals surface area contributed by atoms with Gasteiger partial charge in [0.05, 0.1) is 32.6 Å². The number of imidazole rings is 1. The second-order valence-corrected chi connectivity index (χ2v) is 9.48. The van der Waals surface area contributed by atoms with Crippen LogP contribution in [0.1, 0.15) is 31.0 Å². The molecule has 0 radical (unpaired) electrons. The molecule has 0 bridgehead atoms. The lowest BCUT2D eigenvalue weighted by Gasteiger charge is -2.16. The number of aryl methyl sites for hydroxylation is 1. The molecule has 1 N–H and O–H groups in total. The molecule has 0 atom stereocenters. The predicted molar refractivity (Wildman–Crippen MR) is 112 cm³/mol. The van der Waals surface area contributed by atoms with Crippen LogP contribution >= 0.6 is 34.8 Å². The summed E-state index contributed by atoms with van der Waals surface area (Å²) in [6.07, 6.45) is 1.71. The molecule has 27 heavy (non-hydrogen) atoms. The summed E-state index contributed by atoms with van der Waals surface area (Å²) in [5, 5.41) is 0.285. The monoisotopic (exact) mass is 445 g/mol. The molecule has 0 aliphatic rings. The summed E-state index contributed by atoms with van der Waals surface area (Å²) >= 11 is 18.0. The Bertz CT molecular complexity index is 1150. The second kappa shape index (κ2) is 7.17. The Morgan fingerprint density at radius 2 is 1.67 bits per heavy atom. The van der Waals surface area contributed by atoms with Crippen LogP contribution in [0.2, 0.25) is 15.1 Å². The molecule has 1 heterocycles. The first-order valence-corrected chi connectivity index (χ1v) is 10.8. The predicted octanol–water partition coefficient (Wildman–Crippen LogP) is 6.00. The molecule has 9 heteroatoms. The first-order chi connectivity index (χ1) is 12.5. The van der Waals surface area contributed by atoms with Gasteiger partial charge in [-0.25, -0.2) is 13.4 Å². The van der Waals surface area contributed by atoms with Gasteiger partial charge in [-0.15, -0.1) is 0 Å². The van der Waals surface area contributed by atoms with Crippen molar-refractivity contribution in [3.63, 3.8) is 0 Å². The van der Waals surface area contributed by atoms with E-state index in [9.17, 15) is 8.42 Å². The van der Waals surface area contributed by atoms with E-state index in [0.717, 1.165) is 16.6 Å². The maximum atomic E-state index is 13.0. The zero-order chi connectivity index (χ0) is 20.1. The normalized spacial score (nSPS) is 12.1. The third-order valence-corrected chi connectivity index (χ3v) is 6.98. The SMILES string of the molecule is Cc1cc2c(ncn2C(C)C)c(NS(=O)(=O)c2cc(Cl)c(Cl)cc2Cl)c1C. The zero-order valence-electron chi connectivity index (χ0n) is 15.1. The van der Waals surface area contributed by atoms with Crippen molar-refractivity contribution < 1.29 is 8.42 Å². The van der Waals surface area contributed by atoms with Gasteiger partial charge in [0.25, 0.3) is 10.0 Å². The molecular formula is C18H18Cl3N3O2S. The van der Waals surface area contributed by atoms with Gasteiger partial charge in [0.15, 0.2) is 0 Å². The molecule has 0 saturated carbocycles. The van der Waals surface area contributed by atoms with E-state index in [1.54, 1.807) is 6.33 Å². The van der Waals surface area contributed by atoms with Crippen LogP contribution < -0.4 is 4.72 Å². The molecule has 0 spiro atoms. The van der Waals surface area contributed by atoms with Gasteiger partial charge in [0, 0.05) is 6.04 Å². The molecule has 0 fully saturated rings. The third kappa shape index (κ3) is 3.63. The van der Waals surface area contributed by atoms with Gasteiger partial charge < -0.3 is 4.57 Å². The van der Waals surface area contributed by atoms with Crippen LogP contribution in [0.25, 0.3) is 11.0 Å². The van der Waals surface area contributed by atoms with Crippen LogP contribution in [-0.4, -0.2) is 18.0 Å². The molecular weight excluding hydrogens is 429 g/mol. The Balaban J connectivity index is 2.19. The fourth-order valence-corrected chi connectivity index (χ4v) is 4.96. The summed E-state index contributed by atoms with van der Waals surface area (Å²) in [4.78, 5) is 4.29. The Hall–Kier alpha value is -1.47. The van der Waals surface area contributed by atoms with Crippen molar-refractivity contribution in [2.24, 2.45) is 0 Å². The topological polar surface area (TPSA) is 64.0 Å². The van der Waals surface area contributed by atoms with E-state index in [1.165, 1.54) is 12.1 Å². The van der Waals surface area contributed by atoms with E-state index < -0.39 is 10.0 Å². The second-order valence-electron chi connectivity index (χ2n) is 6.61. The van der Waals surface area contributed by atoms with Crippen LogP contribution in [0.3, 0.4) is 0 Å². The van der Waals surface area contributed by atoms with Gasteiger partial charge in [-0.3, -0.25) is 4.72 Å². The summed E-state index contributed by atoms with van der Waals surface area (Å²) in [6.45, 7) is 7.85. The Morgan fingerprint density at radius 1 is 1.04 bits per heavy atom. The number of benzene rings is 2. The van der Waals surface area contributed by atoms with E-state index in [1.807, 2.05) is 38.3 Å². The first kappa shape index (κ1) is 20.3. The van der Waals surface area contributed by atoms with Crippen molar-refractivity contribution in [3.05, 3.63) is 50.7 Å². The molecule has 3 aromatic rings. The minimum absolute atomic E-state index is 0.00819. The standard InChI is InChI=1S/C18H18Cl3N3O2S/c1-9(2)24-8-22-18-15(24)5-10(3)11(4)17(18)23-27(25,26)16-7-13(20)12(19)6-14(16)21/h5-9,23H,1-4H3. The lowest BCUT2D eigenvalue weighted by atomic mass is 10.1. The zero-order valence-corrected chi connectivity index (χ0v) is 18.2. The van der Waals surface area contributed by atoms with Crippen LogP contribution in [0.15, 0.2) is 29.4 Å². The van der Waals surface area contributed by atoms with Gasteiger partial charge in [-0.1, -0.05) is 34.8 Å². The number of aromatic nitrogens is 2. The molecule has 0 unspecified atom stereocenters. The number of anilines is 1. The summed E-state index contributed by atoms with van der Waals surface area (Å²) < 4.78 is 30.6. The van der Waals surface area contributed by atoms with Crippen LogP contribution in [0, 0.1) is 13.8 Å². The van der Waals surface area contributed by atoms with Crippen LogP contribution in [0.5, 0.6) is 0 Å². The van der Waals surface area contributed by atoms with Gasteiger partial charge in [-0.2, -0.15) is 0 Å². The van der Waals surface area contributed by atoms with Crippen molar-refractivity contribution in [1.29, 1.82) is 0 Å². The average molecular weight is 447 g/mol. The van der Waals surface area contributed by atoms with Gasteiger partial charge in [0.1, 0.15) is 10.4 Å². The van der Waals surface area contributed by atoms with Gasteiger partial charge in [0.2, 0.25) is 0 Å². The van der Waals surface area contributed by atoms with E-state index in [2.05, 4.69) is 9.71 Å². The average Bonchev–Trinajstić information content (AvgIpc) is 2.98. The summed E-state index contributed by atoms with van der Waals surface area (Å²) in [5.41, 5.74) is 3.59. The number of nitrogens with zero attached hydrogens (tertiary/aromatic N) is 2. The third-order valence-electron chi connectivity index (χ3n) is 4.45. The fraction of sp³-hybridized carbons (Fsp3) is 0.278. The number of hydrogen-bond donors (Lipinski definition) is 1. The minimum atomic E-state index is -4.00. The molecule has 144 valence electrons. The molecule has 0 aliphatic carbocycles. The van der Waals surface area contributed by atoms with Crippen LogP contribution in [0.4, 0.5) is 5.69 Å². The number of hydrogen-bond acceptors (Lipinski definition) is 3. The molecule has 3 rings (SSSR count). The number of fused-ring (bicyclic) bond motifs is 1. The summed E-state index contributed by atoms with van der Waals surface area (Å²) in [6, 6.07) is 4.74. The maximum Gasteiger partial charge on any atom is 0.263 e. The van der Waals surface area contributed by atoms with Crippen molar-refractivity contribution in [3.8, 4) is 0 Å². The molecule has 1 aromatic heterocycles. The first-order valence-electron chi connectivity index (χ1n) is 8.17. The minimum Gasteiger partial charge on any atom is -0.328 e. The highest BCUT2D eigenvalue weighted by Crippen LogP contribution is 2.35. The molecule has 0 saturated heterocycles. The molecule has 2 aromatic carbocycles. The van der Waals surface area contributed by atoms with Crippen molar-refractivity contribution in [1.82, 2.24) is 9.55 Å². The van der Waals surface area contributed by atoms with E-state index >= 15 is 0 Å². The highest BCUT2D eigenvalue weighted by atomic mass is 35.5.